The van der Waals surface area contributed by atoms with Crippen LogP contribution in [-0.4, -0.2) is 30.8 Å². The van der Waals surface area contributed by atoms with Crippen LogP contribution in [0.5, 0.6) is 5.75 Å². The number of ether oxygens (including phenoxy) is 1. The molecule has 0 amide bonds. The lowest BCUT2D eigenvalue weighted by Crippen LogP contribution is -2.48. The van der Waals surface area contributed by atoms with Gasteiger partial charge in [0.15, 0.2) is 0 Å². The van der Waals surface area contributed by atoms with Gasteiger partial charge >= 0.3 is 5.97 Å². The van der Waals surface area contributed by atoms with Gasteiger partial charge in [-0.05, 0) is 44.5 Å². The Bertz CT molecular complexity index is 375. The minimum Gasteiger partial charge on any atom is -0.508 e. The van der Waals surface area contributed by atoms with Crippen LogP contribution in [-0.2, 0) is 16.0 Å². The number of benzene rings is 1. The largest absolute Gasteiger partial charge is 0.508 e. The first-order valence-electron chi connectivity index (χ1n) is 5.57. The Morgan fingerprint density at radius 1 is 1.41 bits per heavy atom. The van der Waals surface area contributed by atoms with Crippen LogP contribution < -0.4 is 5.32 Å². The van der Waals surface area contributed by atoms with E-state index in [4.69, 9.17) is 4.74 Å². The lowest BCUT2D eigenvalue weighted by atomic mass is 9.93. The van der Waals surface area contributed by atoms with Crippen molar-refractivity contribution in [1.29, 1.82) is 0 Å². The maximum Gasteiger partial charge on any atom is 0.325 e. The van der Waals surface area contributed by atoms with Crippen LogP contribution in [0, 0.1) is 0 Å². The van der Waals surface area contributed by atoms with Gasteiger partial charge in [0.2, 0.25) is 0 Å². The van der Waals surface area contributed by atoms with Crippen molar-refractivity contribution in [1.82, 2.24) is 5.32 Å². The third kappa shape index (κ3) is 3.46. The molecule has 94 valence electrons. The summed E-state index contributed by atoms with van der Waals surface area (Å²) in [5.74, 6) is -0.0168. The minimum absolute atomic E-state index is 0.248. The predicted molar refractivity (Wildman–Crippen MR) is 65.9 cm³/mol. The van der Waals surface area contributed by atoms with Crippen molar-refractivity contribution in [2.45, 2.75) is 25.3 Å². The first-order valence-corrected chi connectivity index (χ1v) is 5.57. The molecule has 2 N–H and O–H groups in total. The topological polar surface area (TPSA) is 58.6 Å². The molecule has 1 rings (SSSR count). The van der Waals surface area contributed by atoms with Gasteiger partial charge in [-0.25, -0.2) is 0 Å². The lowest BCUT2D eigenvalue weighted by molar-refractivity contribution is -0.147. The third-order valence-electron chi connectivity index (χ3n) is 3.04. The van der Waals surface area contributed by atoms with Crippen molar-refractivity contribution in [2.75, 3.05) is 14.2 Å². The van der Waals surface area contributed by atoms with E-state index in [1.165, 1.54) is 7.11 Å². The Morgan fingerprint density at radius 2 is 2.00 bits per heavy atom. The molecule has 1 unspecified atom stereocenters. The quantitative estimate of drug-likeness (QED) is 0.761. The van der Waals surface area contributed by atoms with E-state index in [2.05, 4.69) is 5.32 Å². The van der Waals surface area contributed by atoms with Gasteiger partial charge in [0.1, 0.15) is 11.3 Å². The highest BCUT2D eigenvalue weighted by Gasteiger charge is 2.31. The molecule has 1 aromatic carbocycles. The van der Waals surface area contributed by atoms with Crippen LogP contribution in [0.1, 0.15) is 18.9 Å². The van der Waals surface area contributed by atoms with Gasteiger partial charge in [0.25, 0.3) is 0 Å². The number of hydrogen-bond acceptors (Lipinski definition) is 4. The number of carbonyl (C=O) groups excluding carboxylic acids is 1. The Hall–Kier alpha value is -1.55. The number of nitrogens with one attached hydrogen (secondary N) is 1. The highest BCUT2D eigenvalue weighted by atomic mass is 16.5. The van der Waals surface area contributed by atoms with Crippen LogP contribution >= 0.6 is 0 Å². The summed E-state index contributed by atoms with van der Waals surface area (Å²) in [7, 11) is 3.13. The number of rotatable bonds is 5. The van der Waals surface area contributed by atoms with Crippen LogP contribution in [0.2, 0.25) is 0 Å². The van der Waals surface area contributed by atoms with Gasteiger partial charge < -0.3 is 15.2 Å². The van der Waals surface area contributed by atoms with Gasteiger partial charge in [0.05, 0.1) is 7.11 Å². The van der Waals surface area contributed by atoms with E-state index in [1.54, 1.807) is 19.2 Å². The number of phenolic OH excluding ortho intramolecular Hbond substituents is 1. The smallest absolute Gasteiger partial charge is 0.325 e. The molecule has 0 aliphatic rings. The number of esters is 1. The molecule has 4 nitrogen and oxygen atoms in total. The second-order valence-electron chi connectivity index (χ2n) is 4.24. The average molecular weight is 237 g/mol. The second kappa shape index (κ2) is 5.68. The lowest BCUT2D eigenvalue weighted by Gasteiger charge is -2.26. The van der Waals surface area contributed by atoms with Crippen LogP contribution in [0.25, 0.3) is 0 Å². The Balaban J connectivity index is 2.65. The first-order chi connectivity index (χ1) is 8.01. The zero-order valence-corrected chi connectivity index (χ0v) is 10.5. The van der Waals surface area contributed by atoms with Gasteiger partial charge in [-0.2, -0.15) is 0 Å². The number of aromatic hydroxyl groups is 1. The summed E-state index contributed by atoms with van der Waals surface area (Å²) in [5, 5.41) is 12.2. The van der Waals surface area contributed by atoms with E-state index in [0.29, 0.717) is 6.42 Å². The van der Waals surface area contributed by atoms with E-state index < -0.39 is 5.54 Å². The van der Waals surface area contributed by atoms with Crippen LogP contribution in [0.4, 0.5) is 0 Å². The fraction of sp³-hybridized carbons (Fsp3) is 0.462. The average Bonchev–Trinajstić information content (AvgIpc) is 2.36. The summed E-state index contributed by atoms with van der Waals surface area (Å²) in [5.41, 5.74) is 0.403. The second-order valence-corrected chi connectivity index (χ2v) is 4.24. The maximum absolute atomic E-state index is 11.6. The number of phenols is 1. The molecule has 17 heavy (non-hydrogen) atoms. The molecule has 0 saturated heterocycles. The zero-order valence-electron chi connectivity index (χ0n) is 10.5. The third-order valence-corrected chi connectivity index (χ3v) is 3.04. The molecule has 0 bridgehead atoms. The van der Waals surface area contributed by atoms with Crippen LogP contribution in [0.3, 0.4) is 0 Å². The summed E-state index contributed by atoms with van der Waals surface area (Å²) >= 11 is 0. The number of aryl methyl sites for hydroxylation is 1. The van der Waals surface area contributed by atoms with E-state index in [-0.39, 0.29) is 11.7 Å². The molecular weight excluding hydrogens is 218 g/mol. The fourth-order valence-electron chi connectivity index (χ4n) is 1.61. The number of carbonyl (C=O) groups is 1. The minimum atomic E-state index is -0.674. The van der Waals surface area contributed by atoms with Crippen molar-refractivity contribution in [2.24, 2.45) is 0 Å². The summed E-state index contributed by atoms with van der Waals surface area (Å²) in [6.07, 6.45) is 1.38. The van der Waals surface area contributed by atoms with Crippen molar-refractivity contribution in [3.63, 3.8) is 0 Å². The van der Waals surface area contributed by atoms with Gasteiger partial charge in [-0.15, -0.1) is 0 Å². The molecule has 0 aliphatic carbocycles. The summed E-state index contributed by atoms with van der Waals surface area (Å²) in [6, 6.07) is 6.99. The molecule has 0 saturated carbocycles. The SMILES string of the molecule is CNC(C)(CCc1ccc(O)cc1)C(=O)OC. The molecule has 0 spiro atoms. The van der Waals surface area contributed by atoms with Crippen LogP contribution in [0.15, 0.2) is 24.3 Å². The maximum atomic E-state index is 11.6. The molecule has 1 aromatic rings. The van der Waals surface area contributed by atoms with E-state index >= 15 is 0 Å². The normalized spacial score (nSPS) is 14.1. The molecule has 0 aromatic heterocycles. The molecular formula is C13H19NO3. The fourth-order valence-corrected chi connectivity index (χ4v) is 1.61. The highest BCUT2D eigenvalue weighted by Crippen LogP contribution is 2.17. The summed E-state index contributed by atoms with van der Waals surface area (Å²) in [6.45, 7) is 1.82. The van der Waals surface area contributed by atoms with E-state index in [0.717, 1.165) is 12.0 Å². The van der Waals surface area contributed by atoms with Gasteiger partial charge in [-0.1, -0.05) is 12.1 Å². The Kier molecular flexibility index (Phi) is 4.52. The molecule has 1 atom stereocenters. The standard InChI is InChI=1S/C13H19NO3/c1-13(14-2,12(16)17-3)9-8-10-4-6-11(15)7-5-10/h4-7,14-15H,8-9H2,1-3H3. The van der Waals surface area contributed by atoms with Crippen molar-refractivity contribution >= 4 is 5.97 Å². The monoisotopic (exact) mass is 237 g/mol. The zero-order chi connectivity index (χ0) is 12.9. The van der Waals surface area contributed by atoms with E-state index in [9.17, 15) is 9.90 Å². The summed E-state index contributed by atoms with van der Waals surface area (Å²) < 4.78 is 4.77. The highest BCUT2D eigenvalue weighted by molar-refractivity contribution is 5.80. The van der Waals surface area contributed by atoms with Gasteiger partial charge in [0, 0.05) is 0 Å². The molecule has 0 aliphatic heterocycles. The molecule has 0 fully saturated rings. The summed E-state index contributed by atoms with van der Waals surface area (Å²) in [4.78, 5) is 11.6. The Labute approximate surface area is 102 Å². The van der Waals surface area contributed by atoms with Gasteiger partial charge in [-0.3, -0.25) is 4.79 Å². The first kappa shape index (κ1) is 13.5. The van der Waals surface area contributed by atoms with Crippen molar-refractivity contribution in [3.05, 3.63) is 29.8 Å². The van der Waals surface area contributed by atoms with Crippen molar-refractivity contribution < 1.29 is 14.6 Å². The van der Waals surface area contributed by atoms with E-state index in [1.807, 2.05) is 19.1 Å². The molecule has 4 heteroatoms. The number of methoxy groups -OCH3 is 1. The molecule has 0 radical (unpaired) electrons. The Morgan fingerprint density at radius 3 is 2.47 bits per heavy atom. The molecule has 0 heterocycles. The number of likely N-dealkylation sites (N-methyl/N-ethyl adjacent to an activating group) is 1. The van der Waals surface area contributed by atoms with Crippen molar-refractivity contribution in [3.8, 4) is 5.75 Å². The number of hydrogen-bond donors (Lipinski definition) is 2. The predicted octanol–water partition coefficient (Wildman–Crippen LogP) is 1.48.